The van der Waals surface area contributed by atoms with Crippen LogP contribution in [0.3, 0.4) is 0 Å². The van der Waals surface area contributed by atoms with E-state index < -0.39 is 12.0 Å². The minimum atomic E-state index is -2.37. The van der Waals surface area contributed by atoms with Gasteiger partial charge in [0, 0.05) is 4.43 Å². The van der Waals surface area contributed by atoms with Crippen molar-refractivity contribution in [3.05, 3.63) is 0 Å². The smallest absolute Gasteiger partial charge is 0.266 e. The van der Waals surface area contributed by atoms with Crippen molar-refractivity contribution in [3.8, 4) is 0 Å². The zero-order valence-electron chi connectivity index (χ0n) is 7.24. The molecule has 0 aromatic carbocycles. The molecule has 1 aliphatic rings. The summed E-state index contributed by atoms with van der Waals surface area (Å²) in [5.41, 5.74) is -1.55. The van der Waals surface area contributed by atoms with Gasteiger partial charge in [-0.3, -0.25) is 0 Å². The summed E-state index contributed by atoms with van der Waals surface area (Å²) in [6.45, 7) is 3.39. The van der Waals surface area contributed by atoms with Gasteiger partial charge in [-0.2, -0.15) is 0 Å². The Morgan fingerprint density at radius 3 is 2.25 bits per heavy atom. The molecule has 1 nitrogen and oxygen atoms in total. The van der Waals surface area contributed by atoms with E-state index in [4.69, 9.17) is 4.74 Å². The minimum Gasteiger partial charge on any atom is -0.362 e. The molecule has 1 aliphatic heterocycles. The fraction of sp³-hybridized carbons (Fsp3) is 1.00. The molecule has 1 rings (SSSR count). The van der Waals surface area contributed by atoms with Crippen LogP contribution < -0.4 is 0 Å². The van der Waals surface area contributed by atoms with Gasteiger partial charge in [-0.05, 0) is 26.7 Å². The lowest BCUT2D eigenvalue weighted by atomic mass is 10.00. The maximum atomic E-state index is 12.5. The van der Waals surface area contributed by atoms with Crippen LogP contribution in [0.15, 0.2) is 0 Å². The average Bonchev–Trinajstić information content (AvgIpc) is 2.30. The molecule has 0 spiro atoms. The average molecular weight is 290 g/mol. The Balaban J connectivity index is 2.66. The van der Waals surface area contributed by atoms with Crippen molar-refractivity contribution in [1.82, 2.24) is 0 Å². The molecule has 0 aromatic rings. The summed E-state index contributed by atoms with van der Waals surface area (Å²) < 4.78 is 31.1. The van der Waals surface area contributed by atoms with E-state index in [0.29, 0.717) is 6.42 Å². The first-order chi connectivity index (χ1) is 5.42. The van der Waals surface area contributed by atoms with Gasteiger partial charge in [0.2, 0.25) is 0 Å². The Kier molecular flexibility index (Phi) is 2.98. The van der Waals surface area contributed by atoms with Gasteiger partial charge in [-0.25, -0.2) is 8.78 Å². The molecule has 1 fully saturated rings. The van der Waals surface area contributed by atoms with Crippen LogP contribution in [0, 0.1) is 0 Å². The van der Waals surface area contributed by atoms with E-state index in [1.165, 1.54) is 6.92 Å². The SMILES string of the molecule is CC1(CI)CCC(C)(C(F)F)O1. The predicted octanol–water partition coefficient (Wildman–Crippen LogP) is 3.01. The highest BCUT2D eigenvalue weighted by atomic mass is 127. The molecule has 2 atom stereocenters. The summed E-state index contributed by atoms with van der Waals surface area (Å²) >= 11 is 2.18. The van der Waals surface area contributed by atoms with Gasteiger partial charge < -0.3 is 4.74 Å². The zero-order chi connectivity index (χ0) is 9.41. The van der Waals surface area contributed by atoms with E-state index in [9.17, 15) is 8.78 Å². The summed E-state index contributed by atoms with van der Waals surface area (Å²) in [7, 11) is 0. The van der Waals surface area contributed by atoms with Gasteiger partial charge in [0.05, 0.1) is 5.60 Å². The monoisotopic (exact) mass is 290 g/mol. The van der Waals surface area contributed by atoms with Crippen molar-refractivity contribution in [1.29, 1.82) is 0 Å². The number of rotatable bonds is 2. The fourth-order valence-electron chi connectivity index (χ4n) is 1.43. The lowest BCUT2D eigenvalue weighted by Gasteiger charge is -2.28. The number of halogens is 3. The molecule has 1 heterocycles. The van der Waals surface area contributed by atoms with Crippen LogP contribution in [0.5, 0.6) is 0 Å². The molecule has 0 N–H and O–H groups in total. The fourth-order valence-corrected chi connectivity index (χ4v) is 1.96. The van der Waals surface area contributed by atoms with Gasteiger partial charge in [0.25, 0.3) is 6.43 Å². The van der Waals surface area contributed by atoms with Crippen LogP contribution in [0.2, 0.25) is 0 Å². The highest BCUT2D eigenvalue weighted by molar-refractivity contribution is 14.1. The van der Waals surface area contributed by atoms with Crippen molar-refractivity contribution in [2.24, 2.45) is 0 Å². The summed E-state index contributed by atoms with van der Waals surface area (Å²) in [5.74, 6) is 0. The topological polar surface area (TPSA) is 9.23 Å². The summed E-state index contributed by atoms with van der Waals surface area (Å²) in [6.07, 6.45) is -1.18. The predicted molar refractivity (Wildman–Crippen MR) is 52.0 cm³/mol. The molecule has 0 aliphatic carbocycles. The van der Waals surface area contributed by atoms with Crippen molar-refractivity contribution in [2.75, 3.05) is 4.43 Å². The number of hydrogen-bond acceptors (Lipinski definition) is 1. The quantitative estimate of drug-likeness (QED) is 0.561. The van der Waals surface area contributed by atoms with Crippen LogP contribution in [-0.2, 0) is 4.74 Å². The maximum absolute atomic E-state index is 12.5. The lowest BCUT2D eigenvalue weighted by molar-refractivity contribution is -0.145. The molecule has 12 heavy (non-hydrogen) atoms. The highest BCUT2D eigenvalue weighted by Crippen LogP contribution is 2.41. The van der Waals surface area contributed by atoms with Crippen LogP contribution in [0.25, 0.3) is 0 Å². The standard InChI is InChI=1S/C8H13F2IO/c1-7(5-11)3-4-8(2,12-7)6(9)10/h6H,3-5H2,1-2H3. The van der Waals surface area contributed by atoms with Gasteiger partial charge in [0.15, 0.2) is 0 Å². The first kappa shape index (κ1) is 10.6. The largest absolute Gasteiger partial charge is 0.362 e. The number of alkyl halides is 3. The van der Waals surface area contributed by atoms with Gasteiger partial charge in [-0.15, -0.1) is 0 Å². The van der Waals surface area contributed by atoms with Crippen molar-refractivity contribution in [2.45, 2.75) is 44.3 Å². The van der Waals surface area contributed by atoms with E-state index in [1.54, 1.807) is 0 Å². The maximum Gasteiger partial charge on any atom is 0.266 e. The van der Waals surface area contributed by atoms with Crippen LogP contribution in [0.1, 0.15) is 26.7 Å². The molecular formula is C8H13F2IO. The third kappa shape index (κ3) is 1.89. The molecule has 4 heteroatoms. The second kappa shape index (κ2) is 3.36. The van der Waals surface area contributed by atoms with Crippen LogP contribution in [0.4, 0.5) is 8.78 Å². The molecule has 0 saturated carbocycles. The Morgan fingerprint density at radius 2 is 2.00 bits per heavy atom. The number of ether oxygens (including phenoxy) is 1. The molecule has 1 saturated heterocycles. The summed E-state index contributed by atoms with van der Waals surface area (Å²) in [4.78, 5) is 0. The van der Waals surface area contributed by atoms with Crippen LogP contribution >= 0.6 is 22.6 Å². The van der Waals surface area contributed by atoms with E-state index in [2.05, 4.69) is 22.6 Å². The molecular weight excluding hydrogens is 277 g/mol. The molecule has 0 aromatic heterocycles. The summed E-state index contributed by atoms with van der Waals surface area (Å²) in [6, 6.07) is 0. The van der Waals surface area contributed by atoms with Gasteiger partial charge in [0.1, 0.15) is 5.60 Å². The molecule has 0 bridgehead atoms. The lowest BCUT2D eigenvalue weighted by Crippen LogP contribution is -2.37. The summed E-state index contributed by atoms with van der Waals surface area (Å²) in [5, 5.41) is 0. The van der Waals surface area contributed by atoms with Gasteiger partial charge >= 0.3 is 0 Å². The Hall–Kier alpha value is 0.550. The zero-order valence-corrected chi connectivity index (χ0v) is 9.40. The molecule has 2 unspecified atom stereocenters. The first-order valence-electron chi connectivity index (χ1n) is 3.96. The minimum absolute atomic E-state index is 0.342. The van der Waals surface area contributed by atoms with Crippen molar-refractivity contribution < 1.29 is 13.5 Å². The van der Waals surface area contributed by atoms with E-state index >= 15 is 0 Å². The highest BCUT2D eigenvalue weighted by Gasteiger charge is 2.48. The normalized spacial score (nSPS) is 42.5. The number of hydrogen-bond donors (Lipinski definition) is 0. The molecule has 0 radical (unpaired) electrons. The Labute approximate surface area is 85.0 Å². The molecule has 72 valence electrons. The molecule has 0 amide bonds. The second-order valence-corrected chi connectivity index (χ2v) is 4.56. The van der Waals surface area contributed by atoms with Crippen molar-refractivity contribution >= 4 is 22.6 Å². The van der Waals surface area contributed by atoms with Gasteiger partial charge in [-0.1, -0.05) is 22.6 Å². The van der Waals surface area contributed by atoms with E-state index in [1.807, 2.05) is 6.92 Å². The Morgan fingerprint density at radius 1 is 1.42 bits per heavy atom. The second-order valence-electron chi connectivity index (χ2n) is 3.80. The van der Waals surface area contributed by atoms with E-state index in [0.717, 1.165) is 10.8 Å². The third-order valence-electron chi connectivity index (χ3n) is 2.37. The van der Waals surface area contributed by atoms with Crippen molar-refractivity contribution in [3.63, 3.8) is 0 Å². The Bertz CT molecular complexity index is 176. The van der Waals surface area contributed by atoms with E-state index in [-0.39, 0.29) is 5.60 Å². The third-order valence-corrected chi connectivity index (χ3v) is 3.99. The first-order valence-corrected chi connectivity index (χ1v) is 5.49. The van der Waals surface area contributed by atoms with Crippen LogP contribution in [-0.4, -0.2) is 22.1 Å².